The van der Waals surface area contributed by atoms with Crippen molar-refractivity contribution in [1.82, 2.24) is 4.98 Å². The largest absolute Gasteiger partial charge is 0.480 e. The fourth-order valence-electron chi connectivity index (χ4n) is 2.56. The number of carbonyl (C=O) groups is 1. The Bertz CT molecular complexity index is 778. The fraction of sp³-hybridized carbons (Fsp3) is 0.211. The lowest BCUT2D eigenvalue weighted by atomic mass is 10.00. The fourth-order valence-corrected chi connectivity index (χ4v) is 2.56. The van der Waals surface area contributed by atoms with Crippen molar-refractivity contribution in [2.45, 2.75) is 26.3 Å². The number of rotatable bonds is 4. The van der Waals surface area contributed by atoms with Crippen molar-refractivity contribution in [2.75, 3.05) is 0 Å². The highest BCUT2D eigenvalue weighted by atomic mass is 16.4. The number of fused-ring (bicyclic) bond motifs is 1. The van der Waals surface area contributed by atoms with Crippen molar-refractivity contribution in [2.24, 2.45) is 5.73 Å². The van der Waals surface area contributed by atoms with Crippen LogP contribution < -0.4 is 5.73 Å². The Morgan fingerprint density at radius 1 is 1.13 bits per heavy atom. The monoisotopic (exact) mass is 310 g/mol. The summed E-state index contributed by atoms with van der Waals surface area (Å²) < 4.78 is 0. The summed E-state index contributed by atoms with van der Waals surface area (Å²) in [7, 11) is 0. The number of aromatic nitrogens is 1. The molecular weight excluding hydrogens is 288 g/mol. The molecule has 2 aromatic carbocycles. The van der Waals surface area contributed by atoms with Crippen LogP contribution in [0, 0.1) is 0 Å². The smallest absolute Gasteiger partial charge is 0.320 e. The van der Waals surface area contributed by atoms with Crippen LogP contribution in [-0.4, -0.2) is 22.1 Å². The minimum atomic E-state index is -0.983. The molecule has 0 spiro atoms. The highest BCUT2D eigenvalue weighted by molar-refractivity contribution is 5.96. The van der Waals surface area contributed by atoms with Gasteiger partial charge in [0.25, 0.3) is 0 Å². The zero-order chi connectivity index (χ0) is 16.8. The lowest BCUT2D eigenvalue weighted by molar-refractivity contribution is -0.138. The summed E-state index contributed by atoms with van der Waals surface area (Å²) in [6.07, 6.45) is 2.16. The molecule has 0 aliphatic carbocycles. The third-order valence-corrected chi connectivity index (χ3v) is 3.64. The second-order valence-electron chi connectivity index (χ2n) is 5.06. The van der Waals surface area contributed by atoms with E-state index in [0.717, 1.165) is 27.6 Å². The predicted octanol–water partition coefficient (Wildman–Crippen LogP) is 3.82. The van der Waals surface area contributed by atoms with Crippen LogP contribution in [0.2, 0.25) is 0 Å². The number of carboxylic acid groups (broad SMARTS) is 1. The van der Waals surface area contributed by atoms with Gasteiger partial charge in [-0.1, -0.05) is 62.4 Å². The van der Waals surface area contributed by atoms with Gasteiger partial charge in [0.15, 0.2) is 0 Å². The molecule has 0 aliphatic heterocycles. The summed E-state index contributed by atoms with van der Waals surface area (Å²) in [6, 6.07) is 15.2. The maximum atomic E-state index is 10.9. The van der Waals surface area contributed by atoms with Gasteiger partial charge in [0.1, 0.15) is 6.04 Å². The standard InChI is InChI=1S/C17H16N2O2.C2H6/c18-15(17(20)21)9-12-10-19-16-13(7-4-8-14(12)16)11-5-2-1-3-6-11;1-2/h1-8,10,15,19H,9,18H2,(H,20,21);1-2H3. The van der Waals surface area contributed by atoms with E-state index in [9.17, 15) is 4.79 Å². The van der Waals surface area contributed by atoms with Gasteiger partial charge in [0.05, 0.1) is 5.52 Å². The maximum absolute atomic E-state index is 10.9. The zero-order valence-corrected chi connectivity index (χ0v) is 13.4. The Morgan fingerprint density at radius 2 is 1.83 bits per heavy atom. The minimum absolute atomic E-state index is 0.313. The molecule has 23 heavy (non-hydrogen) atoms. The molecule has 4 nitrogen and oxygen atoms in total. The number of hydrogen-bond acceptors (Lipinski definition) is 2. The zero-order valence-electron chi connectivity index (χ0n) is 13.4. The second kappa shape index (κ2) is 7.61. The van der Waals surface area contributed by atoms with E-state index in [1.54, 1.807) is 0 Å². The van der Waals surface area contributed by atoms with Crippen molar-refractivity contribution < 1.29 is 9.90 Å². The normalized spacial score (nSPS) is 11.6. The quantitative estimate of drug-likeness (QED) is 0.685. The Hall–Kier alpha value is -2.59. The number of para-hydroxylation sites is 1. The molecule has 0 bridgehead atoms. The van der Waals surface area contributed by atoms with Crippen molar-refractivity contribution in [1.29, 1.82) is 0 Å². The molecule has 0 aliphatic rings. The molecule has 1 aromatic heterocycles. The molecular formula is C19H22N2O2. The van der Waals surface area contributed by atoms with Crippen molar-refractivity contribution in [3.8, 4) is 11.1 Å². The summed E-state index contributed by atoms with van der Waals surface area (Å²) >= 11 is 0. The summed E-state index contributed by atoms with van der Waals surface area (Å²) in [6.45, 7) is 4.00. The Morgan fingerprint density at radius 3 is 2.48 bits per heavy atom. The van der Waals surface area contributed by atoms with E-state index in [0.29, 0.717) is 6.42 Å². The van der Waals surface area contributed by atoms with Crippen LogP contribution in [0.25, 0.3) is 22.0 Å². The van der Waals surface area contributed by atoms with Gasteiger partial charge in [-0.15, -0.1) is 0 Å². The average Bonchev–Trinajstić information content (AvgIpc) is 3.00. The van der Waals surface area contributed by atoms with Crippen LogP contribution >= 0.6 is 0 Å². The van der Waals surface area contributed by atoms with Crippen molar-refractivity contribution in [3.63, 3.8) is 0 Å². The van der Waals surface area contributed by atoms with Crippen LogP contribution in [-0.2, 0) is 11.2 Å². The number of benzene rings is 2. The van der Waals surface area contributed by atoms with Crippen LogP contribution in [0.5, 0.6) is 0 Å². The maximum Gasteiger partial charge on any atom is 0.320 e. The van der Waals surface area contributed by atoms with Crippen LogP contribution in [0.4, 0.5) is 0 Å². The molecule has 1 atom stereocenters. The van der Waals surface area contributed by atoms with E-state index < -0.39 is 12.0 Å². The number of aliphatic carboxylic acids is 1. The van der Waals surface area contributed by atoms with E-state index in [1.165, 1.54) is 0 Å². The third kappa shape index (κ3) is 3.60. The molecule has 1 heterocycles. The summed E-state index contributed by atoms with van der Waals surface area (Å²) in [5.41, 5.74) is 9.80. The SMILES string of the molecule is CC.NC(Cc1c[nH]c2c(-c3ccccc3)cccc12)C(=O)O. The number of carboxylic acids is 1. The number of hydrogen-bond donors (Lipinski definition) is 3. The number of H-pyrrole nitrogens is 1. The predicted molar refractivity (Wildman–Crippen MR) is 94.4 cm³/mol. The van der Waals surface area contributed by atoms with E-state index in [1.807, 2.05) is 50.4 Å². The van der Waals surface area contributed by atoms with Gasteiger partial charge in [0.2, 0.25) is 0 Å². The van der Waals surface area contributed by atoms with Crippen molar-refractivity contribution in [3.05, 3.63) is 60.3 Å². The van der Waals surface area contributed by atoms with E-state index >= 15 is 0 Å². The van der Waals surface area contributed by atoms with Gasteiger partial charge >= 0.3 is 5.97 Å². The minimum Gasteiger partial charge on any atom is -0.480 e. The van der Waals surface area contributed by atoms with Gasteiger partial charge in [-0.05, 0) is 11.1 Å². The molecule has 4 N–H and O–H groups in total. The molecule has 0 saturated carbocycles. The van der Waals surface area contributed by atoms with Gasteiger partial charge in [-0.3, -0.25) is 4.79 Å². The summed E-state index contributed by atoms with van der Waals surface area (Å²) in [5.74, 6) is -0.983. The molecule has 0 amide bonds. The van der Waals surface area contributed by atoms with Gasteiger partial charge in [0, 0.05) is 23.6 Å². The molecule has 120 valence electrons. The lowest BCUT2D eigenvalue weighted by Crippen LogP contribution is -2.32. The Balaban J connectivity index is 0.000000924. The Kier molecular flexibility index (Phi) is 5.55. The molecule has 3 aromatic rings. The summed E-state index contributed by atoms with van der Waals surface area (Å²) in [4.78, 5) is 14.2. The highest BCUT2D eigenvalue weighted by Crippen LogP contribution is 2.29. The molecule has 0 fully saturated rings. The first-order valence-electron chi connectivity index (χ1n) is 7.79. The topological polar surface area (TPSA) is 79.1 Å². The van der Waals surface area contributed by atoms with E-state index in [-0.39, 0.29) is 0 Å². The Labute approximate surface area is 136 Å². The average molecular weight is 310 g/mol. The number of nitrogens with two attached hydrogens (primary N) is 1. The first-order chi connectivity index (χ1) is 11.2. The molecule has 0 radical (unpaired) electrons. The van der Waals surface area contributed by atoms with Crippen molar-refractivity contribution >= 4 is 16.9 Å². The van der Waals surface area contributed by atoms with Gasteiger partial charge < -0.3 is 15.8 Å². The van der Waals surface area contributed by atoms with Crippen LogP contribution in [0.1, 0.15) is 19.4 Å². The van der Waals surface area contributed by atoms with E-state index in [2.05, 4.69) is 23.2 Å². The summed E-state index contributed by atoms with van der Waals surface area (Å²) in [5, 5.41) is 9.97. The van der Waals surface area contributed by atoms with E-state index in [4.69, 9.17) is 10.8 Å². The lowest BCUT2D eigenvalue weighted by Gasteiger charge is -2.06. The van der Waals surface area contributed by atoms with Crippen LogP contribution in [0.15, 0.2) is 54.7 Å². The number of nitrogens with one attached hydrogen (secondary N) is 1. The van der Waals surface area contributed by atoms with Crippen LogP contribution in [0.3, 0.4) is 0 Å². The second-order valence-corrected chi connectivity index (χ2v) is 5.06. The first kappa shape index (κ1) is 16.8. The van der Waals surface area contributed by atoms with Gasteiger partial charge in [-0.2, -0.15) is 0 Å². The number of aromatic amines is 1. The molecule has 3 rings (SSSR count). The molecule has 4 heteroatoms. The molecule has 0 saturated heterocycles. The molecule has 1 unspecified atom stereocenters. The highest BCUT2D eigenvalue weighted by Gasteiger charge is 2.16. The van der Waals surface area contributed by atoms with Gasteiger partial charge in [-0.25, -0.2) is 0 Å². The first-order valence-corrected chi connectivity index (χ1v) is 7.79. The third-order valence-electron chi connectivity index (χ3n) is 3.64.